The van der Waals surface area contributed by atoms with Crippen LogP contribution in [0.5, 0.6) is 0 Å². The molecule has 0 bridgehead atoms. The van der Waals surface area contributed by atoms with Crippen LogP contribution in [0.2, 0.25) is 0 Å². The number of nitrogen functional groups attached to an aromatic ring is 1. The molecule has 1 aliphatic heterocycles. The SMILES string of the molecule is CCNC(=O)[C@H]1O[C@@H](n2cnc3c(N)nc(C#C[C@]4(O)CCC[C@H](C)C4)nc32)C(O)[C@H]1O. The summed E-state index contributed by atoms with van der Waals surface area (Å²) in [7, 11) is 0. The zero-order valence-electron chi connectivity index (χ0n) is 18.0. The van der Waals surface area contributed by atoms with E-state index < -0.39 is 36.0 Å². The smallest absolute Gasteiger partial charge is 0.252 e. The van der Waals surface area contributed by atoms with E-state index in [2.05, 4.69) is 39.0 Å². The van der Waals surface area contributed by atoms with E-state index in [0.717, 1.165) is 12.8 Å². The number of hydrogen-bond donors (Lipinski definition) is 5. The van der Waals surface area contributed by atoms with Crippen LogP contribution in [0, 0.1) is 17.8 Å². The van der Waals surface area contributed by atoms with Crippen LogP contribution < -0.4 is 11.1 Å². The summed E-state index contributed by atoms with van der Waals surface area (Å²) in [4.78, 5) is 24.9. The largest absolute Gasteiger partial charge is 0.387 e. The van der Waals surface area contributed by atoms with Gasteiger partial charge >= 0.3 is 0 Å². The van der Waals surface area contributed by atoms with Crippen molar-refractivity contribution in [1.82, 2.24) is 24.8 Å². The van der Waals surface area contributed by atoms with Crippen molar-refractivity contribution in [2.24, 2.45) is 5.92 Å². The number of nitrogens with zero attached hydrogens (tertiary/aromatic N) is 4. The fourth-order valence-corrected chi connectivity index (χ4v) is 4.37. The van der Waals surface area contributed by atoms with Gasteiger partial charge in [-0.2, -0.15) is 0 Å². The van der Waals surface area contributed by atoms with Gasteiger partial charge < -0.3 is 31.1 Å². The fraction of sp³-hybridized carbons (Fsp3) is 0.619. The van der Waals surface area contributed by atoms with Crippen LogP contribution in [0.4, 0.5) is 5.82 Å². The first-order valence-corrected chi connectivity index (χ1v) is 10.8. The number of anilines is 1. The van der Waals surface area contributed by atoms with E-state index >= 15 is 0 Å². The van der Waals surface area contributed by atoms with E-state index in [-0.39, 0.29) is 22.8 Å². The molecular formula is C21H28N6O5. The molecule has 172 valence electrons. The lowest BCUT2D eigenvalue weighted by molar-refractivity contribution is -0.137. The third-order valence-corrected chi connectivity index (χ3v) is 5.95. The van der Waals surface area contributed by atoms with Gasteiger partial charge in [-0.15, -0.1) is 0 Å². The third kappa shape index (κ3) is 4.14. The van der Waals surface area contributed by atoms with Crippen molar-refractivity contribution in [3.8, 4) is 11.8 Å². The van der Waals surface area contributed by atoms with Gasteiger partial charge in [0, 0.05) is 6.54 Å². The van der Waals surface area contributed by atoms with E-state index in [1.165, 1.54) is 10.9 Å². The van der Waals surface area contributed by atoms with Crippen LogP contribution in [-0.2, 0) is 9.53 Å². The lowest BCUT2D eigenvalue weighted by atomic mass is 9.79. The number of imidazole rings is 1. The van der Waals surface area contributed by atoms with Gasteiger partial charge in [0.2, 0.25) is 5.82 Å². The van der Waals surface area contributed by atoms with Gasteiger partial charge in [0.05, 0.1) is 6.33 Å². The minimum Gasteiger partial charge on any atom is -0.387 e. The molecule has 1 unspecified atom stereocenters. The highest BCUT2D eigenvalue weighted by Gasteiger charge is 2.47. The fourth-order valence-electron chi connectivity index (χ4n) is 4.37. The molecule has 0 aromatic carbocycles. The first-order chi connectivity index (χ1) is 15.2. The Morgan fingerprint density at radius 1 is 1.41 bits per heavy atom. The highest BCUT2D eigenvalue weighted by molar-refractivity contribution is 5.83. The minimum atomic E-state index is -1.43. The van der Waals surface area contributed by atoms with Gasteiger partial charge in [-0.3, -0.25) is 9.36 Å². The van der Waals surface area contributed by atoms with E-state index in [1.54, 1.807) is 6.92 Å². The maximum atomic E-state index is 12.2. The standard InChI is InChI=1S/C21H28N6O5/c1-3-23-19(30)16-14(28)15(29)20(32-16)27-10-24-13-17(22)25-12(26-18(13)27)6-8-21(31)7-4-5-11(2)9-21/h10-11,14-16,20,28-29,31H,3-5,7,9H2,1-2H3,(H,23,30)(H2,22,25,26)/t11-,14+,15?,16-,20+,21+/m0/s1. The van der Waals surface area contributed by atoms with Gasteiger partial charge in [-0.25, -0.2) is 15.0 Å². The minimum absolute atomic E-state index is 0.0790. The van der Waals surface area contributed by atoms with Crippen molar-refractivity contribution in [2.75, 3.05) is 12.3 Å². The molecule has 3 heterocycles. The van der Waals surface area contributed by atoms with E-state index in [0.29, 0.717) is 25.3 Å². The zero-order chi connectivity index (χ0) is 23.0. The van der Waals surface area contributed by atoms with Crippen LogP contribution >= 0.6 is 0 Å². The number of amides is 1. The third-order valence-electron chi connectivity index (χ3n) is 5.95. The summed E-state index contributed by atoms with van der Waals surface area (Å²) in [5.74, 6) is 5.74. The normalized spacial score (nSPS) is 32.5. The number of aliphatic hydroxyl groups excluding tert-OH is 2. The van der Waals surface area contributed by atoms with E-state index in [1.807, 2.05) is 0 Å². The van der Waals surface area contributed by atoms with Crippen molar-refractivity contribution in [3.05, 3.63) is 12.2 Å². The van der Waals surface area contributed by atoms with Crippen molar-refractivity contribution >= 4 is 22.9 Å². The summed E-state index contributed by atoms with van der Waals surface area (Å²) < 4.78 is 7.04. The molecule has 32 heavy (non-hydrogen) atoms. The number of nitrogens with two attached hydrogens (primary N) is 1. The molecule has 0 radical (unpaired) electrons. The molecule has 6 atom stereocenters. The highest BCUT2D eigenvalue weighted by atomic mass is 16.6. The predicted molar refractivity (Wildman–Crippen MR) is 114 cm³/mol. The van der Waals surface area contributed by atoms with Gasteiger partial charge in [-0.05, 0) is 38.0 Å². The Morgan fingerprint density at radius 3 is 2.91 bits per heavy atom. The van der Waals surface area contributed by atoms with Crippen molar-refractivity contribution in [2.45, 2.75) is 69.7 Å². The Bertz CT molecular complexity index is 1080. The Morgan fingerprint density at radius 2 is 2.19 bits per heavy atom. The van der Waals surface area contributed by atoms with Crippen molar-refractivity contribution < 1.29 is 24.9 Å². The second-order valence-electron chi connectivity index (χ2n) is 8.56. The first-order valence-electron chi connectivity index (χ1n) is 10.8. The number of likely N-dealkylation sites (N-methyl/N-ethyl adjacent to an activating group) is 1. The van der Waals surface area contributed by atoms with Crippen LogP contribution in [0.15, 0.2) is 6.33 Å². The maximum absolute atomic E-state index is 12.2. The number of carbonyl (C=O) groups excluding carboxylic acids is 1. The molecule has 2 fully saturated rings. The molecule has 11 heteroatoms. The molecule has 1 saturated heterocycles. The lowest BCUT2D eigenvalue weighted by Gasteiger charge is -2.30. The Hall–Kier alpha value is -2.78. The van der Waals surface area contributed by atoms with Crippen LogP contribution in [0.3, 0.4) is 0 Å². The molecule has 0 spiro atoms. The van der Waals surface area contributed by atoms with Crippen LogP contribution in [-0.4, -0.2) is 71.2 Å². The number of rotatable bonds is 3. The number of hydrogen-bond acceptors (Lipinski definition) is 9. The average molecular weight is 444 g/mol. The quantitative estimate of drug-likeness (QED) is 0.390. The van der Waals surface area contributed by atoms with Gasteiger partial charge in [0.15, 0.2) is 23.8 Å². The number of aromatic nitrogens is 4. The summed E-state index contributed by atoms with van der Waals surface area (Å²) in [6.45, 7) is 4.18. The molecule has 4 rings (SSSR count). The molecule has 1 amide bonds. The summed E-state index contributed by atoms with van der Waals surface area (Å²) in [6, 6.07) is 0. The van der Waals surface area contributed by atoms with Gasteiger partial charge in [-0.1, -0.05) is 19.3 Å². The molecule has 11 nitrogen and oxygen atoms in total. The van der Waals surface area contributed by atoms with E-state index in [9.17, 15) is 20.1 Å². The van der Waals surface area contributed by atoms with E-state index in [4.69, 9.17) is 10.5 Å². The number of nitrogens with one attached hydrogen (secondary N) is 1. The first kappa shape index (κ1) is 22.4. The van der Waals surface area contributed by atoms with Crippen molar-refractivity contribution in [1.29, 1.82) is 0 Å². The average Bonchev–Trinajstić information content (AvgIpc) is 3.28. The maximum Gasteiger partial charge on any atom is 0.252 e. The molecular weight excluding hydrogens is 416 g/mol. The molecule has 1 aliphatic carbocycles. The number of aliphatic hydroxyl groups is 3. The summed E-state index contributed by atoms with van der Waals surface area (Å²) in [5, 5.41) is 34.1. The van der Waals surface area contributed by atoms with Crippen molar-refractivity contribution in [3.63, 3.8) is 0 Å². The Labute approximate surface area is 185 Å². The zero-order valence-corrected chi connectivity index (χ0v) is 18.0. The topological polar surface area (TPSA) is 169 Å². The van der Waals surface area contributed by atoms with Crippen LogP contribution in [0.25, 0.3) is 11.2 Å². The summed E-state index contributed by atoms with van der Waals surface area (Å²) in [5.41, 5.74) is 5.44. The monoisotopic (exact) mass is 444 g/mol. The van der Waals surface area contributed by atoms with Gasteiger partial charge in [0.25, 0.3) is 5.91 Å². The molecule has 2 aromatic rings. The second-order valence-corrected chi connectivity index (χ2v) is 8.56. The second kappa shape index (κ2) is 8.63. The van der Waals surface area contributed by atoms with Crippen LogP contribution in [0.1, 0.15) is 51.6 Å². The lowest BCUT2D eigenvalue weighted by Crippen LogP contribution is -2.42. The predicted octanol–water partition coefficient (Wildman–Crippen LogP) is -0.543. The molecule has 2 aliphatic rings. The van der Waals surface area contributed by atoms with Gasteiger partial charge in [0.1, 0.15) is 23.3 Å². The Kier molecular flexibility index (Phi) is 6.05. The number of ether oxygens (including phenoxy) is 1. The summed E-state index contributed by atoms with van der Waals surface area (Å²) >= 11 is 0. The highest BCUT2D eigenvalue weighted by Crippen LogP contribution is 2.33. The Balaban J connectivity index is 1.66. The summed E-state index contributed by atoms with van der Waals surface area (Å²) in [6.07, 6.45) is -0.699. The molecule has 1 saturated carbocycles. The number of carbonyl (C=O) groups is 1. The molecule has 6 N–H and O–H groups in total. The number of fused-ring (bicyclic) bond motifs is 1. The molecule has 2 aromatic heterocycles.